The highest BCUT2D eigenvalue weighted by atomic mass is 14.7. The predicted molar refractivity (Wildman–Crippen MR) is 169 cm³/mol. The number of para-hydroxylation sites is 1. The second-order valence-electron chi connectivity index (χ2n) is 11.1. The molecule has 0 unspecified atom stereocenters. The lowest BCUT2D eigenvalue weighted by atomic mass is 9.69. The van der Waals surface area contributed by atoms with Crippen LogP contribution in [0.3, 0.4) is 0 Å². The van der Waals surface area contributed by atoms with E-state index in [0.29, 0.717) is 0 Å². The van der Waals surface area contributed by atoms with E-state index in [1.165, 1.54) is 61.0 Å². The Bertz CT molecular complexity index is 2110. The van der Waals surface area contributed by atoms with E-state index in [0.717, 1.165) is 16.8 Å². The van der Waals surface area contributed by atoms with Crippen LogP contribution in [0.2, 0.25) is 0 Å². The highest BCUT2D eigenvalue weighted by Crippen LogP contribution is 2.65. The summed E-state index contributed by atoms with van der Waals surface area (Å²) >= 11 is 0. The van der Waals surface area contributed by atoms with Crippen LogP contribution in [-0.4, -0.2) is 4.98 Å². The van der Waals surface area contributed by atoms with Crippen molar-refractivity contribution < 1.29 is 0 Å². The van der Waals surface area contributed by atoms with Crippen LogP contribution in [0.4, 0.5) is 0 Å². The Morgan fingerprint density at radius 1 is 0.415 bits per heavy atom. The van der Waals surface area contributed by atoms with Gasteiger partial charge < -0.3 is 0 Å². The third-order valence-electron chi connectivity index (χ3n) is 9.06. The Balaban J connectivity index is 1.46. The fraction of sp³-hybridized carbons (Fsp3) is 0.0250. The third-order valence-corrected chi connectivity index (χ3v) is 9.06. The molecule has 1 aromatic heterocycles. The van der Waals surface area contributed by atoms with Gasteiger partial charge in [-0.1, -0.05) is 140 Å². The summed E-state index contributed by atoms with van der Waals surface area (Å²) < 4.78 is 0. The van der Waals surface area contributed by atoms with Crippen LogP contribution in [0.5, 0.6) is 0 Å². The van der Waals surface area contributed by atoms with Crippen molar-refractivity contribution >= 4 is 10.9 Å². The fourth-order valence-corrected chi connectivity index (χ4v) is 7.51. The van der Waals surface area contributed by atoms with E-state index in [2.05, 4.69) is 152 Å². The Labute approximate surface area is 239 Å². The molecule has 190 valence electrons. The monoisotopic (exact) mass is 519 g/mol. The molecule has 2 aliphatic carbocycles. The van der Waals surface area contributed by atoms with Crippen molar-refractivity contribution in [3.05, 3.63) is 174 Å². The summed E-state index contributed by atoms with van der Waals surface area (Å²) in [5.74, 6) is 0. The predicted octanol–water partition coefficient (Wildman–Crippen LogP) is 9.91. The number of fused-ring (bicyclic) bond motifs is 12. The summed E-state index contributed by atoms with van der Waals surface area (Å²) in [6.07, 6.45) is 0. The highest BCUT2D eigenvalue weighted by molar-refractivity contribution is 6.06. The standard InChI is InChI=1S/C40H25N/c1-2-13-26(14-3-1)27-15-12-16-28(25-27)39-37-31-19-6-10-23-35(31)40(38(37)32-20-7-11-24-36(32)41-39)33-21-8-4-17-29(33)30-18-5-9-22-34(30)40/h1-25H. The lowest BCUT2D eigenvalue weighted by molar-refractivity contribution is 0.801. The molecule has 1 nitrogen and oxygen atoms in total. The minimum Gasteiger partial charge on any atom is -0.247 e. The minimum atomic E-state index is -0.409. The van der Waals surface area contributed by atoms with Gasteiger partial charge in [-0.05, 0) is 62.2 Å². The maximum Gasteiger partial charge on any atom is 0.0791 e. The average molecular weight is 520 g/mol. The van der Waals surface area contributed by atoms with Crippen LogP contribution in [0.15, 0.2) is 152 Å². The fourth-order valence-electron chi connectivity index (χ4n) is 7.51. The molecule has 0 aliphatic heterocycles. The number of benzene rings is 6. The summed E-state index contributed by atoms with van der Waals surface area (Å²) in [6, 6.07) is 55.2. The van der Waals surface area contributed by atoms with Crippen molar-refractivity contribution in [3.8, 4) is 44.6 Å². The van der Waals surface area contributed by atoms with Crippen molar-refractivity contribution in [2.24, 2.45) is 0 Å². The SMILES string of the molecule is c1ccc(-c2cccc(-c3nc4ccccc4c4c3-c3ccccc3C43c4ccccc4-c4ccccc43)c2)cc1. The molecule has 0 saturated carbocycles. The van der Waals surface area contributed by atoms with Gasteiger partial charge in [0, 0.05) is 16.5 Å². The Kier molecular flexibility index (Phi) is 4.60. The van der Waals surface area contributed by atoms with Gasteiger partial charge in [0.05, 0.1) is 16.6 Å². The van der Waals surface area contributed by atoms with Crippen LogP contribution in [0, 0.1) is 0 Å². The number of hydrogen-bond acceptors (Lipinski definition) is 1. The highest BCUT2D eigenvalue weighted by Gasteiger charge is 2.53. The van der Waals surface area contributed by atoms with Crippen molar-refractivity contribution in [1.29, 1.82) is 0 Å². The molecular weight excluding hydrogens is 494 g/mol. The van der Waals surface area contributed by atoms with Crippen LogP contribution < -0.4 is 0 Å². The molecule has 0 amide bonds. The molecular formula is C40H25N. The summed E-state index contributed by atoms with van der Waals surface area (Å²) in [7, 11) is 0. The van der Waals surface area contributed by atoms with E-state index in [-0.39, 0.29) is 0 Å². The zero-order valence-corrected chi connectivity index (χ0v) is 22.4. The summed E-state index contributed by atoms with van der Waals surface area (Å²) in [4.78, 5) is 5.42. The first-order valence-corrected chi connectivity index (χ1v) is 14.2. The van der Waals surface area contributed by atoms with E-state index in [4.69, 9.17) is 4.98 Å². The zero-order valence-electron chi connectivity index (χ0n) is 22.4. The van der Waals surface area contributed by atoms with Gasteiger partial charge in [-0.25, -0.2) is 4.98 Å². The molecule has 0 N–H and O–H groups in total. The minimum absolute atomic E-state index is 0.409. The zero-order chi connectivity index (χ0) is 27.0. The molecule has 0 atom stereocenters. The molecule has 1 heteroatoms. The summed E-state index contributed by atoms with van der Waals surface area (Å²) in [5, 5.41) is 1.22. The smallest absolute Gasteiger partial charge is 0.0791 e. The van der Waals surface area contributed by atoms with E-state index in [1.807, 2.05) is 0 Å². The van der Waals surface area contributed by atoms with Crippen LogP contribution in [0.1, 0.15) is 22.3 Å². The lowest BCUT2D eigenvalue weighted by Gasteiger charge is -2.31. The molecule has 6 aromatic carbocycles. The van der Waals surface area contributed by atoms with Crippen LogP contribution in [0.25, 0.3) is 55.5 Å². The maximum absolute atomic E-state index is 5.42. The van der Waals surface area contributed by atoms with Crippen LogP contribution >= 0.6 is 0 Å². The summed E-state index contributed by atoms with van der Waals surface area (Å²) in [6.45, 7) is 0. The molecule has 0 fully saturated rings. The normalized spacial score (nSPS) is 13.6. The van der Waals surface area contributed by atoms with Gasteiger partial charge in [0.15, 0.2) is 0 Å². The van der Waals surface area contributed by atoms with Gasteiger partial charge in [-0.3, -0.25) is 0 Å². The molecule has 7 aromatic rings. The molecule has 2 aliphatic rings. The Morgan fingerprint density at radius 3 is 1.68 bits per heavy atom. The van der Waals surface area contributed by atoms with Gasteiger partial charge in [0.1, 0.15) is 0 Å². The summed E-state index contributed by atoms with van der Waals surface area (Å²) in [5.41, 5.74) is 15.8. The van der Waals surface area contributed by atoms with Crippen molar-refractivity contribution in [3.63, 3.8) is 0 Å². The number of rotatable bonds is 2. The number of hydrogen-bond donors (Lipinski definition) is 0. The maximum atomic E-state index is 5.42. The van der Waals surface area contributed by atoms with Gasteiger partial charge >= 0.3 is 0 Å². The third kappa shape index (κ3) is 2.93. The molecule has 41 heavy (non-hydrogen) atoms. The van der Waals surface area contributed by atoms with Gasteiger partial charge in [0.2, 0.25) is 0 Å². The molecule has 0 bridgehead atoms. The van der Waals surface area contributed by atoms with E-state index in [1.54, 1.807) is 0 Å². The Morgan fingerprint density at radius 2 is 0.951 bits per heavy atom. The second kappa shape index (κ2) is 8.36. The topological polar surface area (TPSA) is 12.9 Å². The average Bonchev–Trinajstić information content (AvgIpc) is 3.53. The number of nitrogens with zero attached hydrogens (tertiary/aromatic N) is 1. The van der Waals surface area contributed by atoms with Gasteiger partial charge in [-0.2, -0.15) is 0 Å². The largest absolute Gasteiger partial charge is 0.247 e. The number of aromatic nitrogens is 1. The molecule has 0 saturated heterocycles. The van der Waals surface area contributed by atoms with Gasteiger partial charge in [-0.15, -0.1) is 0 Å². The number of pyridine rings is 1. The van der Waals surface area contributed by atoms with Crippen molar-refractivity contribution in [1.82, 2.24) is 4.98 Å². The van der Waals surface area contributed by atoms with Gasteiger partial charge in [0.25, 0.3) is 0 Å². The quantitative estimate of drug-likeness (QED) is 0.221. The van der Waals surface area contributed by atoms with E-state index < -0.39 is 5.41 Å². The van der Waals surface area contributed by atoms with Crippen molar-refractivity contribution in [2.75, 3.05) is 0 Å². The van der Waals surface area contributed by atoms with E-state index >= 15 is 0 Å². The molecule has 9 rings (SSSR count). The lowest BCUT2D eigenvalue weighted by Crippen LogP contribution is -2.26. The second-order valence-corrected chi connectivity index (χ2v) is 11.1. The molecule has 1 spiro atoms. The van der Waals surface area contributed by atoms with Crippen LogP contribution in [-0.2, 0) is 5.41 Å². The molecule has 1 heterocycles. The van der Waals surface area contributed by atoms with E-state index in [9.17, 15) is 0 Å². The molecule has 0 radical (unpaired) electrons. The first kappa shape index (κ1) is 22.5. The Hall–Kier alpha value is -5.27. The van der Waals surface area contributed by atoms with Crippen molar-refractivity contribution in [2.45, 2.75) is 5.41 Å². The first-order valence-electron chi connectivity index (χ1n) is 14.2. The first-order chi connectivity index (χ1) is 20.4.